The fraction of sp³-hybridized carbons (Fsp3) is 0.190. The summed E-state index contributed by atoms with van der Waals surface area (Å²) in [6.07, 6.45) is 1.59. The first-order valence-electron chi connectivity index (χ1n) is 8.72. The summed E-state index contributed by atoms with van der Waals surface area (Å²) in [6, 6.07) is 18.9. The topological polar surface area (TPSA) is 73.7 Å². The summed E-state index contributed by atoms with van der Waals surface area (Å²) in [5.41, 5.74) is 1.79. The molecule has 0 saturated heterocycles. The summed E-state index contributed by atoms with van der Waals surface area (Å²) in [4.78, 5) is 26.2. The number of methoxy groups -OCH3 is 1. The van der Waals surface area contributed by atoms with Gasteiger partial charge in [0.1, 0.15) is 0 Å². The van der Waals surface area contributed by atoms with E-state index in [9.17, 15) is 9.59 Å². The lowest BCUT2D eigenvalue weighted by Gasteiger charge is -2.17. The molecule has 0 spiro atoms. The number of nitrogens with zero attached hydrogens (tertiary/aromatic N) is 3. The molecule has 7 heteroatoms. The predicted octanol–water partition coefficient (Wildman–Crippen LogP) is 2.70. The molecule has 3 rings (SSSR count). The van der Waals surface area contributed by atoms with E-state index in [0.29, 0.717) is 6.54 Å². The first kappa shape index (κ1) is 19.2. The summed E-state index contributed by atoms with van der Waals surface area (Å²) in [6.45, 7) is 0.0622. The second kappa shape index (κ2) is 8.85. The van der Waals surface area contributed by atoms with E-state index in [4.69, 9.17) is 9.47 Å². The van der Waals surface area contributed by atoms with E-state index < -0.39 is 5.97 Å². The Balaban J connectivity index is 1.63. The Bertz CT molecular complexity index is 939. The van der Waals surface area contributed by atoms with Crippen molar-refractivity contribution in [2.75, 3.05) is 20.8 Å². The van der Waals surface area contributed by atoms with Gasteiger partial charge in [-0.05, 0) is 17.7 Å². The van der Waals surface area contributed by atoms with Crippen LogP contribution in [-0.4, -0.2) is 47.3 Å². The Labute approximate surface area is 163 Å². The smallest absolute Gasteiger partial charge is 0.363 e. The predicted molar refractivity (Wildman–Crippen MR) is 103 cm³/mol. The number of hydrogen-bond donors (Lipinski definition) is 0. The number of aromatic nitrogens is 2. The number of carbonyl (C=O) groups excluding carboxylic acids is 2. The molecule has 28 heavy (non-hydrogen) atoms. The van der Waals surface area contributed by atoms with Crippen LogP contribution in [0.5, 0.6) is 5.75 Å². The minimum atomic E-state index is -0.715. The molecule has 0 saturated carbocycles. The largest absolute Gasteiger partial charge is 0.493 e. The van der Waals surface area contributed by atoms with Crippen LogP contribution in [0, 0.1) is 0 Å². The molecule has 0 aliphatic rings. The van der Waals surface area contributed by atoms with Crippen LogP contribution in [0.25, 0.3) is 5.69 Å². The van der Waals surface area contributed by atoms with Gasteiger partial charge in [0, 0.05) is 13.6 Å². The lowest BCUT2D eigenvalue weighted by molar-refractivity contribution is -0.133. The van der Waals surface area contributed by atoms with Crippen LogP contribution in [0.15, 0.2) is 66.9 Å². The molecule has 3 aromatic rings. The monoisotopic (exact) mass is 379 g/mol. The number of hydrogen-bond acceptors (Lipinski definition) is 5. The average Bonchev–Trinajstić information content (AvgIpc) is 3.17. The Hall–Kier alpha value is -3.61. The van der Waals surface area contributed by atoms with Crippen molar-refractivity contribution in [1.29, 1.82) is 0 Å². The van der Waals surface area contributed by atoms with Gasteiger partial charge in [-0.1, -0.05) is 48.5 Å². The Kier molecular flexibility index (Phi) is 6.06. The molecule has 0 bridgehead atoms. The third kappa shape index (κ3) is 4.56. The lowest BCUT2D eigenvalue weighted by Crippen LogP contribution is -2.30. The van der Waals surface area contributed by atoms with Crippen LogP contribution in [0.3, 0.4) is 0 Å². The minimum Gasteiger partial charge on any atom is -0.493 e. The van der Waals surface area contributed by atoms with Gasteiger partial charge in [-0.15, -0.1) is 0 Å². The van der Waals surface area contributed by atoms with Crippen molar-refractivity contribution in [3.8, 4) is 11.4 Å². The molecule has 144 valence electrons. The molecular weight excluding hydrogens is 358 g/mol. The normalized spacial score (nSPS) is 10.4. The molecule has 0 aliphatic carbocycles. The van der Waals surface area contributed by atoms with Crippen LogP contribution in [0.2, 0.25) is 0 Å². The highest BCUT2D eigenvalue weighted by Gasteiger charge is 2.21. The van der Waals surface area contributed by atoms with Gasteiger partial charge in [0.2, 0.25) is 5.69 Å². The van der Waals surface area contributed by atoms with E-state index in [1.165, 1.54) is 16.7 Å². The molecule has 0 atom stereocenters. The van der Waals surface area contributed by atoms with Crippen LogP contribution >= 0.6 is 0 Å². The van der Waals surface area contributed by atoms with Gasteiger partial charge in [-0.2, -0.15) is 5.10 Å². The Morgan fingerprint density at radius 2 is 1.68 bits per heavy atom. The highest BCUT2D eigenvalue weighted by Crippen LogP contribution is 2.20. The standard InChI is InChI=1S/C21H21N3O4/c1-23(13-16-9-5-3-6-10-16)19(25)15-28-21(26)20-18(27-2)14-24(22-20)17-11-7-4-8-12-17/h3-12,14H,13,15H2,1-2H3. The molecule has 0 N–H and O–H groups in total. The molecular formula is C21H21N3O4. The fourth-order valence-electron chi connectivity index (χ4n) is 2.61. The second-order valence-corrected chi connectivity index (χ2v) is 6.14. The van der Waals surface area contributed by atoms with Gasteiger partial charge in [-0.25, -0.2) is 9.48 Å². The first-order chi connectivity index (χ1) is 13.6. The van der Waals surface area contributed by atoms with Gasteiger partial charge >= 0.3 is 5.97 Å². The maximum atomic E-state index is 12.4. The van der Waals surface area contributed by atoms with Crippen LogP contribution < -0.4 is 4.74 Å². The number of para-hydroxylation sites is 1. The van der Waals surface area contributed by atoms with Crippen molar-refractivity contribution in [3.05, 3.63) is 78.1 Å². The second-order valence-electron chi connectivity index (χ2n) is 6.14. The quantitative estimate of drug-likeness (QED) is 0.590. The summed E-state index contributed by atoms with van der Waals surface area (Å²) >= 11 is 0. The van der Waals surface area contributed by atoms with Crippen molar-refractivity contribution in [1.82, 2.24) is 14.7 Å². The number of likely N-dealkylation sites (N-methyl/N-ethyl adjacent to an activating group) is 1. The number of amides is 1. The van der Waals surface area contributed by atoms with Crippen molar-refractivity contribution in [2.45, 2.75) is 6.54 Å². The zero-order valence-electron chi connectivity index (χ0n) is 15.7. The summed E-state index contributed by atoms with van der Waals surface area (Å²) < 4.78 is 11.9. The van der Waals surface area contributed by atoms with E-state index in [2.05, 4.69) is 5.10 Å². The zero-order valence-corrected chi connectivity index (χ0v) is 15.7. The number of esters is 1. The lowest BCUT2D eigenvalue weighted by atomic mass is 10.2. The Morgan fingerprint density at radius 1 is 1.04 bits per heavy atom. The molecule has 1 aromatic heterocycles. The average molecular weight is 379 g/mol. The third-order valence-corrected chi connectivity index (χ3v) is 4.13. The van der Waals surface area contributed by atoms with Gasteiger partial charge in [0.05, 0.1) is 19.0 Å². The molecule has 0 unspecified atom stereocenters. The van der Waals surface area contributed by atoms with E-state index in [1.807, 2.05) is 60.7 Å². The maximum Gasteiger partial charge on any atom is 0.363 e. The van der Waals surface area contributed by atoms with E-state index in [1.54, 1.807) is 13.2 Å². The number of benzene rings is 2. The van der Waals surface area contributed by atoms with Gasteiger partial charge < -0.3 is 14.4 Å². The molecule has 2 aromatic carbocycles. The van der Waals surface area contributed by atoms with Crippen LogP contribution in [0.4, 0.5) is 0 Å². The van der Waals surface area contributed by atoms with Crippen molar-refractivity contribution in [3.63, 3.8) is 0 Å². The number of rotatable bonds is 7. The van der Waals surface area contributed by atoms with Gasteiger partial charge in [0.15, 0.2) is 12.4 Å². The van der Waals surface area contributed by atoms with Crippen molar-refractivity contribution < 1.29 is 19.1 Å². The van der Waals surface area contributed by atoms with Gasteiger partial charge in [-0.3, -0.25) is 4.79 Å². The Morgan fingerprint density at radius 3 is 2.32 bits per heavy atom. The molecule has 7 nitrogen and oxygen atoms in total. The summed E-state index contributed by atoms with van der Waals surface area (Å²) in [5.74, 6) is -0.745. The zero-order chi connectivity index (χ0) is 19.9. The van der Waals surface area contributed by atoms with E-state index in [0.717, 1.165) is 11.3 Å². The minimum absolute atomic E-state index is 0.0184. The molecule has 1 heterocycles. The summed E-state index contributed by atoms with van der Waals surface area (Å²) in [7, 11) is 3.11. The van der Waals surface area contributed by atoms with Crippen molar-refractivity contribution >= 4 is 11.9 Å². The fourth-order valence-corrected chi connectivity index (χ4v) is 2.61. The van der Waals surface area contributed by atoms with Crippen LogP contribution in [-0.2, 0) is 16.1 Å². The van der Waals surface area contributed by atoms with Gasteiger partial charge in [0.25, 0.3) is 5.91 Å². The first-order valence-corrected chi connectivity index (χ1v) is 8.72. The SMILES string of the molecule is COc1cn(-c2ccccc2)nc1C(=O)OCC(=O)N(C)Cc1ccccc1. The van der Waals surface area contributed by atoms with Crippen LogP contribution in [0.1, 0.15) is 16.1 Å². The highest BCUT2D eigenvalue weighted by molar-refractivity contribution is 5.92. The number of carbonyl (C=O) groups is 2. The number of ether oxygens (including phenoxy) is 2. The molecule has 0 radical (unpaired) electrons. The molecule has 0 fully saturated rings. The van der Waals surface area contributed by atoms with E-state index >= 15 is 0 Å². The molecule has 1 amide bonds. The summed E-state index contributed by atoms with van der Waals surface area (Å²) in [5, 5.41) is 4.23. The molecule has 0 aliphatic heterocycles. The maximum absolute atomic E-state index is 12.4. The highest BCUT2D eigenvalue weighted by atomic mass is 16.5. The van der Waals surface area contributed by atoms with Crippen molar-refractivity contribution in [2.24, 2.45) is 0 Å². The van der Waals surface area contributed by atoms with E-state index in [-0.39, 0.29) is 24.0 Å². The third-order valence-electron chi connectivity index (χ3n) is 4.13.